The van der Waals surface area contributed by atoms with Crippen LogP contribution in [0.3, 0.4) is 0 Å². The topological polar surface area (TPSA) is 52.4 Å². The average molecular weight is 324 g/mol. The van der Waals surface area contributed by atoms with Crippen molar-refractivity contribution in [3.63, 3.8) is 0 Å². The quantitative estimate of drug-likeness (QED) is 0.755. The van der Waals surface area contributed by atoms with Crippen molar-refractivity contribution in [1.82, 2.24) is 9.88 Å². The Morgan fingerprint density at radius 2 is 2.00 bits per heavy atom. The number of furan rings is 1. The second-order valence-corrected chi connectivity index (χ2v) is 6.82. The van der Waals surface area contributed by atoms with Gasteiger partial charge in [-0.05, 0) is 44.1 Å². The van der Waals surface area contributed by atoms with Crippen LogP contribution in [0.1, 0.15) is 30.0 Å². The fraction of sp³-hybridized carbons (Fsp3) is 0.400. The van der Waals surface area contributed by atoms with Gasteiger partial charge in [0.1, 0.15) is 5.58 Å². The van der Waals surface area contributed by atoms with Gasteiger partial charge in [0.2, 0.25) is 0 Å². The van der Waals surface area contributed by atoms with Crippen LogP contribution in [0.5, 0.6) is 0 Å². The average Bonchev–Trinajstić information content (AvgIpc) is 3.26. The molecule has 1 aliphatic heterocycles. The van der Waals surface area contributed by atoms with Crippen LogP contribution in [-0.4, -0.2) is 40.7 Å². The lowest BCUT2D eigenvalue weighted by molar-refractivity contribution is 0.0970. The summed E-state index contributed by atoms with van der Waals surface area (Å²) in [5, 5.41) is 11.6. The van der Waals surface area contributed by atoms with Crippen LogP contribution in [0.15, 0.2) is 53.3 Å². The predicted molar refractivity (Wildman–Crippen MR) is 95.1 cm³/mol. The molecule has 0 saturated carbocycles. The van der Waals surface area contributed by atoms with Gasteiger partial charge in [-0.15, -0.1) is 0 Å². The first-order valence-electron chi connectivity index (χ1n) is 8.78. The van der Waals surface area contributed by atoms with Gasteiger partial charge in [-0.3, -0.25) is 0 Å². The number of para-hydroxylation sites is 1. The van der Waals surface area contributed by atoms with E-state index in [0.717, 1.165) is 49.0 Å². The minimum atomic E-state index is -0.354. The highest BCUT2D eigenvalue weighted by Crippen LogP contribution is 2.27. The number of aliphatic hydroxyl groups excluding tert-OH is 1. The second-order valence-electron chi connectivity index (χ2n) is 6.82. The monoisotopic (exact) mass is 324 g/mol. The standard InChI is InChI=1S/C20H24N2O2/c23-17(12-16-14-24-20-6-2-1-4-18(16)20)13-22-10-7-15(8-11-22)19-5-3-9-21-19/h1-6,9,14-15,17,21,23H,7-8,10-13H2. The van der Waals surface area contributed by atoms with Gasteiger partial charge >= 0.3 is 0 Å². The molecule has 0 amide bonds. The van der Waals surface area contributed by atoms with E-state index in [1.54, 1.807) is 6.26 Å². The zero-order valence-electron chi connectivity index (χ0n) is 13.8. The Morgan fingerprint density at radius 3 is 2.79 bits per heavy atom. The third-order valence-electron chi connectivity index (χ3n) is 5.14. The van der Waals surface area contributed by atoms with Gasteiger partial charge in [0.25, 0.3) is 0 Å². The highest BCUT2D eigenvalue weighted by molar-refractivity contribution is 5.80. The smallest absolute Gasteiger partial charge is 0.134 e. The van der Waals surface area contributed by atoms with Crippen LogP contribution < -0.4 is 0 Å². The summed E-state index contributed by atoms with van der Waals surface area (Å²) < 4.78 is 5.57. The van der Waals surface area contributed by atoms with Crippen molar-refractivity contribution in [3.8, 4) is 0 Å². The van der Waals surface area contributed by atoms with Crippen LogP contribution in [0.2, 0.25) is 0 Å². The molecule has 1 aromatic carbocycles. The minimum absolute atomic E-state index is 0.354. The molecule has 1 aliphatic rings. The Bertz CT molecular complexity index is 770. The van der Waals surface area contributed by atoms with Gasteiger partial charge in [-0.1, -0.05) is 18.2 Å². The molecule has 0 aliphatic carbocycles. The van der Waals surface area contributed by atoms with E-state index in [1.807, 2.05) is 24.4 Å². The zero-order chi connectivity index (χ0) is 16.4. The van der Waals surface area contributed by atoms with Crippen molar-refractivity contribution in [3.05, 3.63) is 60.1 Å². The van der Waals surface area contributed by atoms with E-state index in [2.05, 4.69) is 28.1 Å². The lowest BCUT2D eigenvalue weighted by Crippen LogP contribution is -2.39. The molecule has 3 aromatic rings. The summed E-state index contributed by atoms with van der Waals surface area (Å²) in [6.07, 6.45) is 6.39. The molecule has 0 radical (unpaired) electrons. The zero-order valence-corrected chi connectivity index (χ0v) is 13.8. The molecule has 1 fully saturated rings. The van der Waals surface area contributed by atoms with E-state index in [4.69, 9.17) is 4.42 Å². The SMILES string of the molecule is OC(Cc1coc2ccccc12)CN1CCC(c2ccc[nH]2)CC1. The van der Waals surface area contributed by atoms with Gasteiger partial charge in [0.05, 0.1) is 12.4 Å². The fourth-order valence-corrected chi connectivity index (χ4v) is 3.83. The lowest BCUT2D eigenvalue weighted by Gasteiger charge is -2.32. The number of nitrogens with zero attached hydrogens (tertiary/aromatic N) is 1. The Kier molecular flexibility index (Phi) is 4.41. The molecule has 0 spiro atoms. The summed E-state index contributed by atoms with van der Waals surface area (Å²) in [6, 6.07) is 12.3. The highest BCUT2D eigenvalue weighted by Gasteiger charge is 2.23. The van der Waals surface area contributed by atoms with E-state index in [9.17, 15) is 5.11 Å². The molecule has 0 bridgehead atoms. The van der Waals surface area contributed by atoms with E-state index >= 15 is 0 Å². The van der Waals surface area contributed by atoms with Crippen molar-refractivity contribution < 1.29 is 9.52 Å². The first-order valence-corrected chi connectivity index (χ1v) is 8.78. The summed E-state index contributed by atoms with van der Waals surface area (Å²) >= 11 is 0. The van der Waals surface area contributed by atoms with Crippen LogP contribution in [0, 0.1) is 0 Å². The molecule has 1 saturated heterocycles. The Hall–Kier alpha value is -2.04. The number of piperidine rings is 1. The van der Waals surface area contributed by atoms with E-state index in [-0.39, 0.29) is 6.10 Å². The van der Waals surface area contributed by atoms with Crippen LogP contribution in [0.4, 0.5) is 0 Å². The number of benzene rings is 1. The summed E-state index contributed by atoms with van der Waals surface area (Å²) in [6.45, 7) is 2.83. The molecular formula is C20H24N2O2. The molecule has 1 atom stereocenters. The van der Waals surface area contributed by atoms with Crippen LogP contribution >= 0.6 is 0 Å². The first-order chi connectivity index (χ1) is 11.8. The minimum Gasteiger partial charge on any atom is -0.464 e. The molecule has 1 unspecified atom stereocenters. The number of β-amino-alcohol motifs (C(OH)–C–C–N with tert-alkyl or cyclic N) is 1. The summed E-state index contributed by atoms with van der Waals surface area (Å²) in [5.41, 5.74) is 3.34. The molecule has 4 nitrogen and oxygen atoms in total. The van der Waals surface area contributed by atoms with Gasteiger partial charge in [0.15, 0.2) is 0 Å². The Morgan fingerprint density at radius 1 is 1.17 bits per heavy atom. The molecule has 2 N–H and O–H groups in total. The van der Waals surface area contributed by atoms with Crippen molar-refractivity contribution in [2.75, 3.05) is 19.6 Å². The number of aromatic amines is 1. The maximum Gasteiger partial charge on any atom is 0.134 e. The second kappa shape index (κ2) is 6.83. The van der Waals surface area contributed by atoms with Crippen LogP contribution in [0.25, 0.3) is 11.0 Å². The molecule has 2 aromatic heterocycles. The number of hydrogen-bond acceptors (Lipinski definition) is 3. The van der Waals surface area contributed by atoms with E-state index in [1.165, 1.54) is 5.69 Å². The summed E-state index contributed by atoms with van der Waals surface area (Å²) in [7, 11) is 0. The number of fused-ring (bicyclic) bond motifs is 1. The van der Waals surface area contributed by atoms with Crippen molar-refractivity contribution in [2.24, 2.45) is 0 Å². The third kappa shape index (κ3) is 3.25. The predicted octanol–water partition coefficient (Wildman–Crippen LogP) is 3.54. The first kappa shape index (κ1) is 15.5. The number of likely N-dealkylation sites (tertiary alicyclic amines) is 1. The Labute approximate surface area is 142 Å². The van der Waals surface area contributed by atoms with E-state index < -0.39 is 0 Å². The Balaban J connectivity index is 1.31. The number of rotatable bonds is 5. The number of hydrogen-bond donors (Lipinski definition) is 2. The van der Waals surface area contributed by atoms with Crippen molar-refractivity contribution in [1.29, 1.82) is 0 Å². The maximum atomic E-state index is 10.5. The van der Waals surface area contributed by atoms with E-state index in [0.29, 0.717) is 12.3 Å². The van der Waals surface area contributed by atoms with Gasteiger partial charge in [-0.2, -0.15) is 0 Å². The normalized spacial score (nSPS) is 18.2. The largest absolute Gasteiger partial charge is 0.464 e. The van der Waals surface area contributed by atoms with Crippen molar-refractivity contribution >= 4 is 11.0 Å². The third-order valence-corrected chi connectivity index (χ3v) is 5.14. The number of H-pyrrole nitrogens is 1. The van der Waals surface area contributed by atoms with Gasteiger partial charge in [0, 0.05) is 41.7 Å². The highest BCUT2D eigenvalue weighted by atomic mass is 16.3. The lowest BCUT2D eigenvalue weighted by atomic mass is 9.93. The molecule has 4 rings (SSSR count). The molecule has 3 heterocycles. The van der Waals surface area contributed by atoms with Crippen LogP contribution in [-0.2, 0) is 6.42 Å². The number of nitrogens with one attached hydrogen (secondary N) is 1. The molecule has 126 valence electrons. The summed E-state index contributed by atoms with van der Waals surface area (Å²) in [5.74, 6) is 0.631. The number of aromatic nitrogens is 1. The molecule has 4 heteroatoms. The fourth-order valence-electron chi connectivity index (χ4n) is 3.83. The van der Waals surface area contributed by atoms with Crippen molar-refractivity contribution in [2.45, 2.75) is 31.3 Å². The molecule has 24 heavy (non-hydrogen) atoms. The van der Waals surface area contributed by atoms with Gasteiger partial charge in [-0.25, -0.2) is 0 Å². The summed E-state index contributed by atoms with van der Waals surface area (Å²) in [4.78, 5) is 5.71. The van der Waals surface area contributed by atoms with Gasteiger partial charge < -0.3 is 19.4 Å². The maximum absolute atomic E-state index is 10.5. The number of aliphatic hydroxyl groups is 1. The molecular weight excluding hydrogens is 300 g/mol.